The fourth-order valence-corrected chi connectivity index (χ4v) is 1.62. The van der Waals surface area contributed by atoms with Crippen LogP contribution in [0, 0.1) is 0 Å². The number of aromatic amines is 1. The Balaban J connectivity index is 1.86. The summed E-state index contributed by atoms with van der Waals surface area (Å²) in [6.45, 7) is 0.775. The average Bonchev–Trinajstić information content (AvgIpc) is 2.66. The first kappa shape index (κ1) is 9.77. The van der Waals surface area contributed by atoms with Crippen molar-refractivity contribution in [1.82, 2.24) is 9.55 Å². The van der Waals surface area contributed by atoms with Crippen LogP contribution in [0.1, 0.15) is 12.0 Å². The molecule has 2 aromatic rings. The Bertz CT molecular complexity index is 456. The van der Waals surface area contributed by atoms with E-state index >= 15 is 0 Å². The Hall–Kier alpha value is -1.77. The zero-order valence-corrected chi connectivity index (χ0v) is 8.52. The molecule has 0 aliphatic rings. The zero-order chi connectivity index (χ0) is 10.5. The third-order valence-electron chi connectivity index (χ3n) is 2.43. The molecule has 0 atom stereocenters. The monoisotopic (exact) mass is 202 g/mol. The lowest BCUT2D eigenvalue weighted by molar-refractivity contribution is 0.624. The number of aromatic nitrogens is 2. The van der Waals surface area contributed by atoms with Crippen molar-refractivity contribution in [2.75, 3.05) is 0 Å². The second kappa shape index (κ2) is 4.64. The van der Waals surface area contributed by atoms with Crippen LogP contribution >= 0.6 is 0 Å². The maximum Gasteiger partial charge on any atom is 0.325 e. The Morgan fingerprint density at radius 2 is 2.00 bits per heavy atom. The lowest BCUT2D eigenvalue weighted by atomic mass is 10.1. The van der Waals surface area contributed by atoms with Gasteiger partial charge in [-0.1, -0.05) is 30.3 Å². The van der Waals surface area contributed by atoms with Crippen molar-refractivity contribution in [3.8, 4) is 0 Å². The summed E-state index contributed by atoms with van der Waals surface area (Å²) in [4.78, 5) is 13.8. The van der Waals surface area contributed by atoms with Gasteiger partial charge < -0.3 is 4.98 Å². The highest BCUT2D eigenvalue weighted by Crippen LogP contribution is 2.02. The van der Waals surface area contributed by atoms with Gasteiger partial charge >= 0.3 is 5.69 Å². The largest absolute Gasteiger partial charge is 0.325 e. The van der Waals surface area contributed by atoms with Crippen LogP contribution in [0.4, 0.5) is 0 Å². The van der Waals surface area contributed by atoms with Crippen LogP contribution < -0.4 is 5.69 Å². The Morgan fingerprint density at radius 3 is 2.67 bits per heavy atom. The van der Waals surface area contributed by atoms with Crippen molar-refractivity contribution in [3.63, 3.8) is 0 Å². The molecule has 3 heteroatoms. The SMILES string of the molecule is O=c1[nH]ccn1CCCc1ccccc1. The molecule has 0 aliphatic carbocycles. The van der Waals surface area contributed by atoms with E-state index in [0.717, 1.165) is 19.4 Å². The predicted octanol–water partition coefficient (Wildman–Crippen LogP) is 1.81. The summed E-state index contributed by atoms with van der Waals surface area (Å²) in [5, 5.41) is 0. The second-order valence-corrected chi connectivity index (χ2v) is 3.55. The highest BCUT2D eigenvalue weighted by molar-refractivity contribution is 5.14. The molecule has 1 heterocycles. The van der Waals surface area contributed by atoms with E-state index in [4.69, 9.17) is 0 Å². The van der Waals surface area contributed by atoms with E-state index in [1.165, 1.54) is 5.56 Å². The van der Waals surface area contributed by atoms with E-state index in [1.807, 2.05) is 18.2 Å². The Morgan fingerprint density at radius 1 is 1.20 bits per heavy atom. The first-order chi connectivity index (χ1) is 7.36. The van der Waals surface area contributed by atoms with Crippen molar-refractivity contribution in [2.45, 2.75) is 19.4 Å². The first-order valence-electron chi connectivity index (χ1n) is 5.14. The number of aryl methyl sites for hydroxylation is 2. The van der Waals surface area contributed by atoms with Gasteiger partial charge in [0.25, 0.3) is 0 Å². The molecule has 0 amide bonds. The molecule has 1 aromatic heterocycles. The minimum absolute atomic E-state index is 0.0249. The summed E-state index contributed by atoms with van der Waals surface area (Å²) >= 11 is 0. The maximum absolute atomic E-state index is 11.2. The van der Waals surface area contributed by atoms with E-state index < -0.39 is 0 Å². The van der Waals surface area contributed by atoms with Crippen LogP contribution in [0.3, 0.4) is 0 Å². The number of hydrogen-bond donors (Lipinski definition) is 1. The van der Waals surface area contributed by atoms with E-state index in [2.05, 4.69) is 17.1 Å². The third-order valence-corrected chi connectivity index (χ3v) is 2.43. The standard InChI is InChI=1S/C12H14N2O/c15-12-13-8-10-14(12)9-4-7-11-5-2-1-3-6-11/h1-3,5-6,8,10H,4,7,9H2,(H,13,15). The van der Waals surface area contributed by atoms with Crippen LogP contribution in [0.25, 0.3) is 0 Å². The molecule has 1 N–H and O–H groups in total. The van der Waals surface area contributed by atoms with Gasteiger partial charge in [0.1, 0.15) is 0 Å². The fraction of sp³-hybridized carbons (Fsp3) is 0.250. The normalized spacial score (nSPS) is 10.4. The topological polar surface area (TPSA) is 37.8 Å². The molecular weight excluding hydrogens is 188 g/mol. The summed E-state index contributed by atoms with van der Waals surface area (Å²) in [6, 6.07) is 10.3. The summed E-state index contributed by atoms with van der Waals surface area (Å²) in [6.07, 6.45) is 5.46. The van der Waals surface area contributed by atoms with Gasteiger partial charge in [-0.3, -0.25) is 4.57 Å². The summed E-state index contributed by atoms with van der Waals surface area (Å²) in [5.74, 6) is 0. The van der Waals surface area contributed by atoms with Gasteiger partial charge in [-0.25, -0.2) is 4.79 Å². The van der Waals surface area contributed by atoms with Gasteiger partial charge in [0, 0.05) is 18.9 Å². The predicted molar refractivity (Wildman–Crippen MR) is 59.8 cm³/mol. The number of nitrogens with one attached hydrogen (secondary N) is 1. The highest BCUT2D eigenvalue weighted by atomic mass is 16.1. The number of hydrogen-bond acceptors (Lipinski definition) is 1. The molecule has 0 bridgehead atoms. The molecular formula is C12H14N2O. The Labute approximate surface area is 88.4 Å². The van der Waals surface area contributed by atoms with Crippen LogP contribution in [-0.2, 0) is 13.0 Å². The van der Waals surface area contributed by atoms with E-state index in [-0.39, 0.29) is 5.69 Å². The van der Waals surface area contributed by atoms with Crippen LogP contribution in [0.2, 0.25) is 0 Å². The van der Waals surface area contributed by atoms with Gasteiger partial charge in [-0.05, 0) is 18.4 Å². The zero-order valence-electron chi connectivity index (χ0n) is 8.52. The number of benzene rings is 1. The summed E-state index contributed by atoms with van der Waals surface area (Å²) in [7, 11) is 0. The summed E-state index contributed by atoms with van der Waals surface area (Å²) in [5.41, 5.74) is 1.30. The quantitative estimate of drug-likeness (QED) is 0.806. The lowest BCUT2D eigenvalue weighted by Gasteiger charge is -2.01. The van der Waals surface area contributed by atoms with Gasteiger partial charge in [-0.2, -0.15) is 0 Å². The molecule has 1 aromatic carbocycles. The van der Waals surface area contributed by atoms with Crippen LogP contribution in [-0.4, -0.2) is 9.55 Å². The summed E-state index contributed by atoms with van der Waals surface area (Å²) < 4.78 is 1.70. The molecule has 0 unspecified atom stereocenters. The first-order valence-corrected chi connectivity index (χ1v) is 5.14. The van der Waals surface area contributed by atoms with E-state index in [9.17, 15) is 4.79 Å². The van der Waals surface area contributed by atoms with E-state index in [1.54, 1.807) is 17.0 Å². The number of nitrogens with zero attached hydrogens (tertiary/aromatic N) is 1. The molecule has 0 radical (unpaired) electrons. The van der Waals surface area contributed by atoms with Gasteiger partial charge in [0.2, 0.25) is 0 Å². The smallest absolute Gasteiger partial charge is 0.313 e. The van der Waals surface area contributed by atoms with Crippen molar-refractivity contribution >= 4 is 0 Å². The van der Waals surface area contributed by atoms with Crippen LogP contribution in [0.5, 0.6) is 0 Å². The van der Waals surface area contributed by atoms with Crippen molar-refractivity contribution < 1.29 is 0 Å². The minimum atomic E-state index is -0.0249. The van der Waals surface area contributed by atoms with Crippen molar-refractivity contribution in [3.05, 3.63) is 58.8 Å². The molecule has 0 aliphatic heterocycles. The molecule has 0 fully saturated rings. The third kappa shape index (κ3) is 2.59. The highest BCUT2D eigenvalue weighted by Gasteiger charge is 1.96. The van der Waals surface area contributed by atoms with Gasteiger partial charge in [-0.15, -0.1) is 0 Å². The second-order valence-electron chi connectivity index (χ2n) is 3.55. The molecule has 0 saturated carbocycles. The molecule has 15 heavy (non-hydrogen) atoms. The number of imidazole rings is 1. The van der Waals surface area contributed by atoms with Crippen molar-refractivity contribution in [2.24, 2.45) is 0 Å². The molecule has 0 saturated heterocycles. The number of rotatable bonds is 4. The van der Waals surface area contributed by atoms with Gasteiger partial charge in [0.15, 0.2) is 0 Å². The molecule has 3 nitrogen and oxygen atoms in total. The number of H-pyrrole nitrogens is 1. The lowest BCUT2D eigenvalue weighted by Crippen LogP contribution is -2.16. The fourth-order valence-electron chi connectivity index (χ4n) is 1.62. The van der Waals surface area contributed by atoms with Gasteiger partial charge in [0.05, 0.1) is 0 Å². The Kier molecular flexibility index (Phi) is 3.02. The minimum Gasteiger partial charge on any atom is -0.313 e. The molecule has 2 rings (SSSR count). The molecule has 78 valence electrons. The van der Waals surface area contributed by atoms with E-state index in [0.29, 0.717) is 0 Å². The molecule has 0 spiro atoms. The van der Waals surface area contributed by atoms with Crippen LogP contribution in [0.15, 0.2) is 47.5 Å². The average molecular weight is 202 g/mol. The maximum atomic E-state index is 11.2. The van der Waals surface area contributed by atoms with Crippen molar-refractivity contribution in [1.29, 1.82) is 0 Å².